The molecule has 0 radical (unpaired) electrons. The van der Waals surface area contributed by atoms with E-state index in [0.717, 1.165) is 21.3 Å². The molecule has 0 aliphatic rings. The Morgan fingerprint density at radius 2 is 2.05 bits per heavy atom. The molecule has 0 spiro atoms. The molecule has 2 rings (SSSR count). The van der Waals surface area contributed by atoms with Gasteiger partial charge in [-0.3, -0.25) is 4.79 Å². The Labute approximate surface area is 140 Å². The zero-order valence-corrected chi connectivity index (χ0v) is 15.3. The van der Waals surface area contributed by atoms with Crippen molar-refractivity contribution in [2.45, 2.75) is 44.4 Å². The average Bonchev–Trinajstić information content (AvgIpc) is 2.88. The van der Waals surface area contributed by atoms with E-state index < -0.39 is 0 Å². The van der Waals surface area contributed by atoms with Gasteiger partial charge in [0, 0.05) is 16.5 Å². The minimum atomic E-state index is 0.00413. The third kappa shape index (κ3) is 4.58. The van der Waals surface area contributed by atoms with Crippen LogP contribution in [-0.4, -0.2) is 16.6 Å². The van der Waals surface area contributed by atoms with Crippen LogP contribution in [0.3, 0.4) is 0 Å². The molecule has 0 atom stereocenters. The van der Waals surface area contributed by atoms with Crippen LogP contribution < -0.4 is 5.32 Å². The summed E-state index contributed by atoms with van der Waals surface area (Å²) in [4.78, 5) is 16.7. The number of nitrogens with zero attached hydrogens (tertiary/aromatic N) is 1. The first-order chi connectivity index (χ1) is 10.3. The van der Waals surface area contributed by atoms with Gasteiger partial charge in [-0.25, -0.2) is 4.98 Å². The van der Waals surface area contributed by atoms with E-state index in [1.54, 1.807) is 11.3 Å². The fraction of sp³-hybridized carbons (Fsp3) is 0.412. The quantitative estimate of drug-likeness (QED) is 0.818. The van der Waals surface area contributed by atoms with Crippen LogP contribution in [0.2, 0.25) is 0 Å². The number of hydrogen-bond acceptors (Lipinski definition) is 4. The molecule has 0 saturated carbocycles. The number of nitrogens with one attached hydrogen (secondary N) is 1. The van der Waals surface area contributed by atoms with Crippen molar-refractivity contribution in [3.63, 3.8) is 0 Å². The molecule has 0 bridgehead atoms. The topological polar surface area (TPSA) is 42.0 Å². The van der Waals surface area contributed by atoms with Gasteiger partial charge in [-0.15, -0.1) is 11.3 Å². The SMILES string of the molecule is Cc1ccc(NC(=O)CSc2nc(C(C)(C)C)cs2)c(C)c1. The summed E-state index contributed by atoms with van der Waals surface area (Å²) in [5, 5.41) is 5.04. The van der Waals surface area contributed by atoms with Crippen molar-refractivity contribution in [1.29, 1.82) is 0 Å². The number of carbonyl (C=O) groups is 1. The molecule has 0 saturated heterocycles. The largest absolute Gasteiger partial charge is 0.325 e. The van der Waals surface area contributed by atoms with E-state index in [9.17, 15) is 4.79 Å². The molecule has 3 nitrogen and oxygen atoms in total. The predicted octanol–water partition coefficient (Wildman–Crippen LogP) is 4.79. The Hall–Kier alpha value is -1.33. The Balaban J connectivity index is 1.91. The number of benzene rings is 1. The van der Waals surface area contributed by atoms with Crippen molar-refractivity contribution < 1.29 is 4.79 Å². The van der Waals surface area contributed by atoms with Crippen LogP contribution in [0.15, 0.2) is 27.9 Å². The van der Waals surface area contributed by atoms with Crippen LogP contribution in [0.4, 0.5) is 5.69 Å². The van der Waals surface area contributed by atoms with E-state index >= 15 is 0 Å². The fourth-order valence-electron chi connectivity index (χ4n) is 1.94. The van der Waals surface area contributed by atoms with Crippen molar-refractivity contribution >= 4 is 34.7 Å². The summed E-state index contributed by atoms with van der Waals surface area (Å²) in [5.41, 5.74) is 4.29. The molecule has 1 aromatic carbocycles. The van der Waals surface area contributed by atoms with Crippen molar-refractivity contribution in [1.82, 2.24) is 4.98 Å². The van der Waals surface area contributed by atoms with Gasteiger partial charge in [0.25, 0.3) is 0 Å². The van der Waals surface area contributed by atoms with E-state index in [1.807, 2.05) is 26.0 Å². The van der Waals surface area contributed by atoms with Gasteiger partial charge in [-0.05, 0) is 25.5 Å². The maximum absolute atomic E-state index is 12.1. The van der Waals surface area contributed by atoms with Crippen LogP contribution in [0, 0.1) is 13.8 Å². The smallest absolute Gasteiger partial charge is 0.234 e. The third-order valence-electron chi connectivity index (χ3n) is 3.23. The predicted molar refractivity (Wildman–Crippen MR) is 96.1 cm³/mol. The van der Waals surface area contributed by atoms with Crippen molar-refractivity contribution in [3.05, 3.63) is 40.4 Å². The van der Waals surface area contributed by atoms with E-state index in [1.165, 1.54) is 17.3 Å². The number of hydrogen-bond donors (Lipinski definition) is 1. The summed E-state index contributed by atoms with van der Waals surface area (Å²) in [7, 11) is 0. The fourth-order valence-corrected chi connectivity index (χ4v) is 3.79. The molecule has 0 aliphatic heterocycles. The highest BCUT2D eigenvalue weighted by atomic mass is 32.2. The summed E-state index contributed by atoms with van der Waals surface area (Å²) in [6.45, 7) is 10.5. The number of anilines is 1. The molecule has 0 aliphatic carbocycles. The average molecular weight is 335 g/mol. The van der Waals surface area contributed by atoms with Crippen molar-refractivity contribution in [2.24, 2.45) is 0 Å². The Kier molecular flexibility index (Phi) is 5.29. The number of rotatable bonds is 4. The molecule has 118 valence electrons. The molecule has 2 aromatic rings. The summed E-state index contributed by atoms with van der Waals surface area (Å²) in [5.74, 6) is 0.384. The van der Waals surface area contributed by atoms with Crippen molar-refractivity contribution in [3.8, 4) is 0 Å². The van der Waals surface area contributed by atoms with E-state index in [2.05, 4.69) is 42.5 Å². The first-order valence-corrected chi connectivity index (χ1v) is 9.08. The van der Waals surface area contributed by atoms with Gasteiger partial charge in [0.15, 0.2) is 4.34 Å². The molecule has 1 amide bonds. The number of aromatic nitrogens is 1. The highest BCUT2D eigenvalue weighted by Crippen LogP contribution is 2.29. The zero-order chi connectivity index (χ0) is 16.3. The molecule has 0 unspecified atom stereocenters. The van der Waals surface area contributed by atoms with Crippen LogP contribution in [-0.2, 0) is 10.2 Å². The number of amides is 1. The summed E-state index contributed by atoms with van der Waals surface area (Å²) < 4.78 is 0.945. The second-order valence-corrected chi connectivity index (χ2v) is 8.48. The second kappa shape index (κ2) is 6.84. The molecule has 22 heavy (non-hydrogen) atoms. The van der Waals surface area contributed by atoms with E-state index in [0.29, 0.717) is 5.75 Å². The molecule has 1 aromatic heterocycles. The highest BCUT2D eigenvalue weighted by Gasteiger charge is 2.18. The van der Waals surface area contributed by atoms with Crippen LogP contribution in [0.25, 0.3) is 0 Å². The summed E-state index contributed by atoms with van der Waals surface area (Å²) in [6, 6.07) is 6.03. The maximum Gasteiger partial charge on any atom is 0.234 e. The minimum Gasteiger partial charge on any atom is -0.325 e. The monoisotopic (exact) mass is 334 g/mol. The Morgan fingerprint density at radius 3 is 2.64 bits per heavy atom. The van der Waals surface area contributed by atoms with E-state index in [4.69, 9.17) is 0 Å². The third-order valence-corrected chi connectivity index (χ3v) is 5.26. The van der Waals surface area contributed by atoms with Gasteiger partial charge in [-0.2, -0.15) is 0 Å². The zero-order valence-electron chi connectivity index (χ0n) is 13.7. The second-order valence-electron chi connectivity index (χ2n) is 6.40. The number of aryl methyl sites for hydroxylation is 2. The molecule has 0 fully saturated rings. The standard InChI is InChI=1S/C17H22N2OS2/c1-11-6-7-13(12(2)8-11)18-15(20)10-22-16-19-14(9-21-16)17(3,4)5/h6-9H,10H2,1-5H3,(H,18,20). The lowest BCUT2D eigenvalue weighted by Crippen LogP contribution is -2.15. The highest BCUT2D eigenvalue weighted by molar-refractivity contribution is 8.01. The molecular formula is C17H22N2OS2. The molecule has 1 heterocycles. The van der Waals surface area contributed by atoms with Crippen LogP contribution in [0.5, 0.6) is 0 Å². The maximum atomic E-state index is 12.1. The normalized spacial score (nSPS) is 11.5. The molecule has 5 heteroatoms. The number of carbonyl (C=O) groups excluding carboxylic acids is 1. The lowest BCUT2D eigenvalue weighted by molar-refractivity contribution is -0.113. The minimum absolute atomic E-state index is 0.00413. The van der Waals surface area contributed by atoms with Gasteiger partial charge in [-0.1, -0.05) is 50.2 Å². The van der Waals surface area contributed by atoms with Gasteiger partial charge in [0.2, 0.25) is 5.91 Å². The van der Waals surface area contributed by atoms with Gasteiger partial charge >= 0.3 is 0 Å². The first-order valence-electron chi connectivity index (χ1n) is 7.21. The van der Waals surface area contributed by atoms with Gasteiger partial charge in [0.05, 0.1) is 11.4 Å². The molecular weight excluding hydrogens is 312 g/mol. The van der Waals surface area contributed by atoms with Gasteiger partial charge in [0.1, 0.15) is 0 Å². The lowest BCUT2D eigenvalue weighted by Gasteiger charge is -2.14. The van der Waals surface area contributed by atoms with Crippen molar-refractivity contribution in [2.75, 3.05) is 11.1 Å². The summed E-state index contributed by atoms with van der Waals surface area (Å²) >= 11 is 3.09. The molecule has 1 N–H and O–H groups in total. The Bertz CT molecular complexity index is 672. The first kappa shape index (κ1) is 17.0. The summed E-state index contributed by atoms with van der Waals surface area (Å²) in [6.07, 6.45) is 0. The number of thiazole rings is 1. The Morgan fingerprint density at radius 1 is 1.32 bits per heavy atom. The van der Waals surface area contributed by atoms with E-state index in [-0.39, 0.29) is 11.3 Å². The lowest BCUT2D eigenvalue weighted by atomic mass is 9.93. The van der Waals surface area contributed by atoms with Crippen LogP contribution in [0.1, 0.15) is 37.6 Å². The number of thioether (sulfide) groups is 1. The van der Waals surface area contributed by atoms with Gasteiger partial charge < -0.3 is 5.32 Å². The van der Waals surface area contributed by atoms with Crippen LogP contribution >= 0.6 is 23.1 Å².